The summed E-state index contributed by atoms with van der Waals surface area (Å²) in [6.45, 7) is 0. The number of hydrogen-bond acceptors (Lipinski definition) is 4. The van der Waals surface area contributed by atoms with Crippen molar-refractivity contribution < 1.29 is 12.8 Å². The van der Waals surface area contributed by atoms with Gasteiger partial charge in [0.15, 0.2) is 5.03 Å². The third kappa shape index (κ3) is 2.77. The Morgan fingerprint density at radius 2 is 1.84 bits per heavy atom. The standard InChI is InChI=1S/C16H19FN4O2S.ClH/c1-20-8-14(19-9-20)24(22,23)21-12-6-7-13(21)16(18)15(12)10-2-4-11(17)5-3-10;/h2-5,8-9,12-13,15-16H,6-7,18H2,1H3;1H. The number of halogens is 2. The second-order valence-corrected chi connectivity index (χ2v) is 8.37. The summed E-state index contributed by atoms with van der Waals surface area (Å²) >= 11 is 0. The van der Waals surface area contributed by atoms with Crippen molar-refractivity contribution in [3.05, 3.63) is 48.2 Å². The van der Waals surface area contributed by atoms with E-state index in [-0.39, 0.29) is 47.3 Å². The van der Waals surface area contributed by atoms with Gasteiger partial charge in [0.25, 0.3) is 10.0 Å². The van der Waals surface area contributed by atoms with Crippen molar-refractivity contribution in [2.75, 3.05) is 0 Å². The molecule has 0 saturated carbocycles. The van der Waals surface area contributed by atoms with Crippen molar-refractivity contribution in [2.24, 2.45) is 12.8 Å². The van der Waals surface area contributed by atoms with Crippen LogP contribution in [0, 0.1) is 5.82 Å². The minimum atomic E-state index is -3.69. The number of aromatic nitrogens is 2. The first-order valence-corrected chi connectivity index (χ1v) is 9.36. The molecule has 0 spiro atoms. The number of rotatable bonds is 3. The van der Waals surface area contributed by atoms with Crippen LogP contribution in [-0.2, 0) is 17.1 Å². The van der Waals surface area contributed by atoms with Gasteiger partial charge >= 0.3 is 0 Å². The summed E-state index contributed by atoms with van der Waals surface area (Å²) < 4.78 is 42.4. The SMILES string of the molecule is Cl.Cn1cnc(S(=O)(=O)N2C3CCC2C(c2ccc(F)cc2)C3N)c1. The van der Waals surface area contributed by atoms with Crippen LogP contribution in [-0.4, -0.2) is 40.4 Å². The van der Waals surface area contributed by atoms with E-state index < -0.39 is 10.0 Å². The Morgan fingerprint density at radius 1 is 1.20 bits per heavy atom. The molecule has 2 bridgehead atoms. The van der Waals surface area contributed by atoms with Crippen LogP contribution in [0.4, 0.5) is 4.39 Å². The van der Waals surface area contributed by atoms with Gasteiger partial charge in [0.2, 0.25) is 0 Å². The van der Waals surface area contributed by atoms with Crippen LogP contribution < -0.4 is 5.73 Å². The number of sulfonamides is 1. The van der Waals surface area contributed by atoms with Crippen LogP contribution in [0.2, 0.25) is 0 Å². The van der Waals surface area contributed by atoms with E-state index in [1.165, 1.54) is 29.0 Å². The van der Waals surface area contributed by atoms with Gasteiger partial charge in [-0.05, 0) is 30.5 Å². The van der Waals surface area contributed by atoms with E-state index >= 15 is 0 Å². The van der Waals surface area contributed by atoms with Gasteiger partial charge in [-0.25, -0.2) is 17.8 Å². The van der Waals surface area contributed by atoms with Crippen LogP contribution in [0.1, 0.15) is 24.3 Å². The largest absolute Gasteiger partial charge is 0.339 e. The predicted molar refractivity (Wildman–Crippen MR) is 93.4 cm³/mol. The highest BCUT2D eigenvalue weighted by Gasteiger charge is 2.57. The Hall–Kier alpha value is -1.48. The van der Waals surface area contributed by atoms with Gasteiger partial charge in [-0.15, -0.1) is 12.4 Å². The fraction of sp³-hybridized carbons (Fsp3) is 0.438. The summed E-state index contributed by atoms with van der Waals surface area (Å²) in [5, 5.41) is 0.0499. The molecule has 4 atom stereocenters. The Morgan fingerprint density at radius 3 is 2.44 bits per heavy atom. The molecule has 4 unspecified atom stereocenters. The smallest absolute Gasteiger partial charge is 0.262 e. The maximum atomic E-state index is 13.2. The number of hydrogen-bond donors (Lipinski definition) is 1. The zero-order chi connectivity index (χ0) is 17.1. The lowest BCUT2D eigenvalue weighted by Gasteiger charge is -2.26. The third-order valence-corrected chi connectivity index (χ3v) is 7.00. The van der Waals surface area contributed by atoms with E-state index in [0.29, 0.717) is 0 Å². The van der Waals surface area contributed by atoms with Gasteiger partial charge in [-0.2, -0.15) is 4.31 Å². The molecule has 4 rings (SSSR count). The molecule has 2 aliphatic heterocycles. The molecule has 2 aliphatic rings. The number of nitrogens with zero attached hydrogens (tertiary/aromatic N) is 3. The Kier molecular flexibility index (Phi) is 4.65. The first-order chi connectivity index (χ1) is 11.4. The number of imidazole rings is 1. The molecule has 136 valence electrons. The van der Waals surface area contributed by atoms with Crippen molar-refractivity contribution in [1.82, 2.24) is 13.9 Å². The highest BCUT2D eigenvalue weighted by Crippen LogP contribution is 2.48. The lowest BCUT2D eigenvalue weighted by atomic mass is 9.80. The van der Waals surface area contributed by atoms with E-state index in [1.54, 1.807) is 23.7 Å². The highest BCUT2D eigenvalue weighted by atomic mass is 35.5. The molecule has 6 nitrogen and oxygen atoms in total. The first kappa shape index (κ1) is 18.3. The number of benzene rings is 1. The van der Waals surface area contributed by atoms with Crippen molar-refractivity contribution in [3.8, 4) is 0 Å². The molecule has 2 fully saturated rings. The van der Waals surface area contributed by atoms with Crippen LogP contribution >= 0.6 is 12.4 Å². The second kappa shape index (κ2) is 6.35. The Labute approximate surface area is 152 Å². The number of nitrogens with two attached hydrogens (primary N) is 1. The Bertz CT molecular complexity index is 871. The van der Waals surface area contributed by atoms with Crippen LogP contribution in [0.15, 0.2) is 41.8 Å². The molecular formula is C16H20ClFN4O2S. The summed E-state index contributed by atoms with van der Waals surface area (Å²) in [6.07, 6.45) is 4.48. The lowest BCUT2D eigenvalue weighted by Crippen LogP contribution is -2.41. The van der Waals surface area contributed by atoms with Crippen LogP contribution in [0.3, 0.4) is 0 Å². The van der Waals surface area contributed by atoms with Crippen molar-refractivity contribution in [3.63, 3.8) is 0 Å². The normalized spacial score (nSPS) is 28.9. The lowest BCUT2D eigenvalue weighted by molar-refractivity contribution is 0.384. The minimum Gasteiger partial charge on any atom is -0.339 e. The molecule has 0 radical (unpaired) electrons. The summed E-state index contributed by atoms with van der Waals surface area (Å²) in [5.74, 6) is -0.434. The van der Waals surface area contributed by atoms with Gasteiger partial charge < -0.3 is 10.3 Å². The third-order valence-electron chi connectivity index (χ3n) is 5.16. The summed E-state index contributed by atoms with van der Waals surface area (Å²) in [4.78, 5) is 4.01. The van der Waals surface area contributed by atoms with Gasteiger partial charge in [-0.3, -0.25) is 0 Å². The van der Waals surface area contributed by atoms with Gasteiger partial charge in [-0.1, -0.05) is 12.1 Å². The van der Waals surface area contributed by atoms with Crippen LogP contribution in [0.25, 0.3) is 0 Å². The monoisotopic (exact) mass is 386 g/mol. The van der Waals surface area contributed by atoms with Crippen molar-refractivity contribution in [1.29, 1.82) is 0 Å². The average Bonchev–Trinajstić information content (AvgIpc) is 3.22. The molecule has 2 aromatic rings. The van der Waals surface area contributed by atoms with E-state index in [2.05, 4.69) is 4.98 Å². The van der Waals surface area contributed by atoms with Crippen LogP contribution in [0.5, 0.6) is 0 Å². The Balaban J connectivity index is 0.00000182. The van der Waals surface area contributed by atoms with Crippen molar-refractivity contribution >= 4 is 22.4 Å². The van der Waals surface area contributed by atoms with E-state index in [0.717, 1.165) is 18.4 Å². The van der Waals surface area contributed by atoms with E-state index in [9.17, 15) is 12.8 Å². The maximum absolute atomic E-state index is 13.2. The van der Waals surface area contributed by atoms with Gasteiger partial charge in [0.05, 0.1) is 6.33 Å². The first-order valence-electron chi connectivity index (χ1n) is 7.92. The molecule has 0 aliphatic carbocycles. The van der Waals surface area contributed by atoms with Gasteiger partial charge in [0, 0.05) is 37.3 Å². The quantitative estimate of drug-likeness (QED) is 0.869. The molecule has 1 aromatic heterocycles. The molecule has 3 heterocycles. The molecule has 2 saturated heterocycles. The van der Waals surface area contributed by atoms with E-state index in [4.69, 9.17) is 5.73 Å². The average molecular weight is 387 g/mol. The highest BCUT2D eigenvalue weighted by molar-refractivity contribution is 7.89. The predicted octanol–water partition coefficient (Wildman–Crippen LogP) is 1.63. The zero-order valence-electron chi connectivity index (χ0n) is 13.6. The number of aryl methyl sites for hydroxylation is 1. The fourth-order valence-electron chi connectivity index (χ4n) is 4.15. The molecule has 1 aromatic carbocycles. The maximum Gasteiger partial charge on any atom is 0.262 e. The zero-order valence-corrected chi connectivity index (χ0v) is 15.3. The fourth-order valence-corrected chi connectivity index (χ4v) is 6.04. The minimum absolute atomic E-state index is 0. The van der Waals surface area contributed by atoms with Gasteiger partial charge in [0.1, 0.15) is 5.82 Å². The molecule has 0 amide bonds. The molecular weight excluding hydrogens is 367 g/mol. The van der Waals surface area contributed by atoms with E-state index in [1.807, 2.05) is 0 Å². The molecule has 2 N–H and O–H groups in total. The summed E-state index contributed by atoms with van der Waals surface area (Å²) in [5.41, 5.74) is 7.27. The topological polar surface area (TPSA) is 81.2 Å². The number of fused-ring (bicyclic) bond motifs is 2. The summed E-state index contributed by atoms with van der Waals surface area (Å²) in [7, 11) is -1.95. The summed E-state index contributed by atoms with van der Waals surface area (Å²) in [6, 6.07) is 5.45. The molecule has 25 heavy (non-hydrogen) atoms. The molecule has 9 heteroatoms. The second-order valence-electron chi connectivity index (χ2n) is 6.58. The van der Waals surface area contributed by atoms with Crippen molar-refractivity contribution in [2.45, 2.75) is 41.9 Å².